The summed E-state index contributed by atoms with van der Waals surface area (Å²) in [5.41, 5.74) is 1.23. The number of nitrogens with zero attached hydrogens (tertiary/aromatic N) is 1. The van der Waals surface area contributed by atoms with Crippen molar-refractivity contribution in [2.45, 2.75) is 38.6 Å². The van der Waals surface area contributed by atoms with Gasteiger partial charge in [-0.3, -0.25) is 4.90 Å². The molecule has 0 unspecified atom stereocenters. The van der Waals surface area contributed by atoms with Gasteiger partial charge in [0.1, 0.15) is 0 Å². The van der Waals surface area contributed by atoms with Gasteiger partial charge in [-0.1, -0.05) is 38.0 Å². The molecule has 1 aliphatic rings. The zero-order valence-corrected chi connectivity index (χ0v) is 10.9. The Balaban J connectivity index is 1.72. The molecular formula is C15H24N2. The highest BCUT2D eigenvalue weighted by Crippen LogP contribution is 2.22. The largest absolute Gasteiger partial charge is 0.384 e. The first-order valence-electron chi connectivity index (χ1n) is 6.93. The highest BCUT2D eigenvalue weighted by molar-refractivity contribution is 5.42. The maximum atomic E-state index is 3.49. The monoisotopic (exact) mass is 232 g/mol. The highest BCUT2D eigenvalue weighted by atomic mass is 15.2. The van der Waals surface area contributed by atoms with E-state index >= 15 is 0 Å². The van der Waals surface area contributed by atoms with Gasteiger partial charge in [-0.2, -0.15) is 0 Å². The summed E-state index contributed by atoms with van der Waals surface area (Å²) in [6.07, 6.45) is 5.65. The lowest BCUT2D eigenvalue weighted by Crippen LogP contribution is -2.36. The van der Waals surface area contributed by atoms with Gasteiger partial charge in [-0.15, -0.1) is 0 Å². The number of nitrogens with one attached hydrogen (secondary N) is 1. The molecule has 0 amide bonds. The van der Waals surface area contributed by atoms with Crippen LogP contribution in [0.5, 0.6) is 0 Å². The van der Waals surface area contributed by atoms with Crippen LogP contribution in [0, 0.1) is 0 Å². The van der Waals surface area contributed by atoms with E-state index < -0.39 is 0 Å². The molecule has 0 saturated heterocycles. The summed E-state index contributed by atoms with van der Waals surface area (Å²) >= 11 is 0. The predicted molar refractivity (Wildman–Crippen MR) is 74.4 cm³/mol. The zero-order valence-electron chi connectivity index (χ0n) is 10.9. The highest BCUT2D eigenvalue weighted by Gasteiger charge is 2.20. The van der Waals surface area contributed by atoms with E-state index in [0.29, 0.717) is 0 Å². The molecule has 2 heteroatoms. The average Bonchev–Trinajstić information content (AvgIpc) is 2.90. The van der Waals surface area contributed by atoms with Crippen molar-refractivity contribution >= 4 is 5.69 Å². The van der Waals surface area contributed by atoms with Crippen molar-refractivity contribution in [2.24, 2.45) is 0 Å². The first-order chi connectivity index (χ1) is 8.40. The minimum atomic E-state index is 0.845. The van der Waals surface area contributed by atoms with Crippen molar-refractivity contribution in [3.05, 3.63) is 30.3 Å². The second kappa shape index (κ2) is 6.65. The number of likely N-dealkylation sites (N-methyl/N-ethyl adjacent to an activating group) is 1. The van der Waals surface area contributed by atoms with Crippen LogP contribution >= 0.6 is 0 Å². The molecule has 0 aromatic heterocycles. The predicted octanol–water partition coefficient (Wildman–Crippen LogP) is 3.36. The standard InChI is InChI=1S/C15H24N2/c1-2-17(15-10-6-7-11-15)13-12-16-14-8-4-3-5-9-14/h3-5,8-9,15-16H,2,6-7,10-13H2,1H3. The number of para-hydroxylation sites is 1. The average molecular weight is 232 g/mol. The van der Waals surface area contributed by atoms with Gasteiger partial charge in [-0.05, 0) is 31.5 Å². The van der Waals surface area contributed by atoms with Crippen molar-refractivity contribution in [1.29, 1.82) is 0 Å². The number of rotatable bonds is 6. The van der Waals surface area contributed by atoms with Crippen molar-refractivity contribution in [3.8, 4) is 0 Å². The lowest BCUT2D eigenvalue weighted by Gasteiger charge is -2.27. The van der Waals surface area contributed by atoms with Gasteiger partial charge in [0.25, 0.3) is 0 Å². The van der Waals surface area contributed by atoms with Crippen LogP contribution in [0.3, 0.4) is 0 Å². The molecule has 0 heterocycles. The summed E-state index contributed by atoms with van der Waals surface area (Å²) in [6.45, 7) is 5.67. The van der Waals surface area contributed by atoms with Crippen LogP contribution in [0.15, 0.2) is 30.3 Å². The third-order valence-corrected chi connectivity index (χ3v) is 3.75. The Morgan fingerprint density at radius 2 is 1.88 bits per heavy atom. The maximum Gasteiger partial charge on any atom is 0.0340 e. The molecule has 1 aliphatic carbocycles. The molecule has 94 valence electrons. The molecular weight excluding hydrogens is 208 g/mol. The zero-order chi connectivity index (χ0) is 11.9. The van der Waals surface area contributed by atoms with Gasteiger partial charge < -0.3 is 5.32 Å². The van der Waals surface area contributed by atoms with Crippen molar-refractivity contribution in [2.75, 3.05) is 25.0 Å². The van der Waals surface area contributed by atoms with Crippen LogP contribution in [-0.2, 0) is 0 Å². The summed E-state index contributed by atoms with van der Waals surface area (Å²) in [4.78, 5) is 2.63. The van der Waals surface area contributed by atoms with Gasteiger partial charge in [0, 0.05) is 24.8 Å². The molecule has 2 nitrogen and oxygen atoms in total. The van der Waals surface area contributed by atoms with E-state index in [0.717, 1.165) is 19.1 Å². The Morgan fingerprint density at radius 1 is 1.18 bits per heavy atom. The third kappa shape index (κ3) is 3.74. The molecule has 0 atom stereocenters. The first-order valence-corrected chi connectivity index (χ1v) is 6.93. The summed E-state index contributed by atoms with van der Waals surface area (Å²) in [5.74, 6) is 0. The van der Waals surface area contributed by atoms with E-state index in [1.807, 2.05) is 0 Å². The minimum Gasteiger partial charge on any atom is -0.384 e. The molecule has 0 radical (unpaired) electrons. The Hall–Kier alpha value is -1.02. The topological polar surface area (TPSA) is 15.3 Å². The number of anilines is 1. The lowest BCUT2D eigenvalue weighted by atomic mass is 10.2. The summed E-state index contributed by atoms with van der Waals surface area (Å²) in [6, 6.07) is 11.3. The van der Waals surface area contributed by atoms with Crippen LogP contribution < -0.4 is 5.32 Å². The Kier molecular flexibility index (Phi) is 4.87. The van der Waals surface area contributed by atoms with E-state index in [4.69, 9.17) is 0 Å². The molecule has 2 rings (SSSR count). The molecule has 1 N–H and O–H groups in total. The fourth-order valence-corrected chi connectivity index (χ4v) is 2.77. The van der Waals surface area contributed by atoms with E-state index in [1.165, 1.54) is 37.9 Å². The molecule has 0 bridgehead atoms. The smallest absolute Gasteiger partial charge is 0.0340 e. The molecule has 17 heavy (non-hydrogen) atoms. The van der Waals surface area contributed by atoms with Crippen LogP contribution in [0.4, 0.5) is 5.69 Å². The van der Waals surface area contributed by atoms with E-state index in [-0.39, 0.29) is 0 Å². The number of hydrogen-bond acceptors (Lipinski definition) is 2. The SMILES string of the molecule is CCN(CCNc1ccccc1)C1CCCC1. The Labute approximate surface area is 105 Å². The van der Waals surface area contributed by atoms with Gasteiger partial charge in [0.2, 0.25) is 0 Å². The normalized spacial score (nSPS) is 16.6. The van der Waals surface area contributed by atoms with Crippen molar-refractivity contribution in [3.63, 3.8) is 0 Å². The van der Waals surface area contributed by atoms with E-state index in [1.54, 1.807) is 0 Å². The third-order valence-electron chi connectivity index (χ3n) is 3.75. The van der Waals surface area contributed by atoms with Gasteiger partial charge in [0.15, 0.2) is 0 Å². The maximum absolute atomic E-state index is 3.49. The van der Waals surface area contributed by atoms with E-state index in [9.17, 15) is 0 Å². The van der Waals surface area contributed by atoms with Crippen LogP contribution in [-0.4, -0.2) is 30.6 Å². The van der Waals surface area contributed by atoms with Crippen molar-refractivity contribution in [1.82, 2.24) is 4.90 Å². The molecule has 1 aromatic rings. The van der Waals surface area contributed by atoms with Gasteiger partial charge >= 0.3 is 0 Å². The summed E-state index contributed by atoms with van der Waals surface area (Å²) in [5, 5.41) is 3.49. The minimum absolute atomic E-state index is 0.845. The van der Waals surface area contributed by atoms with E-state index in [2.05, 4.69) is 47.5 Å². The Bertz CT molecular complexity index is 304. The van der Waals surface area contributed by atoms with Crippen LogP contribution in [0.25, 0.3) is 0 Å². The van der Waals surface area contributed by atoms with Crippen LogP contribution in [0.1, 0.15) is 32.6 Å². The van der Waals surface area contributed by atoms with Gasteiger partial charge in [-0.25, -0.2) is 0 Å². The fraction of sp³-hybridized carbons (Fsp3) is 0.600. The quantitative estimate of drug-likeness (QED) is 0.809. The van der Waals surface area contributed by atoms with Crippen molar-refractivity contribution < 1.29 is 0 Å². The fourth-order valence-electron chi connectivity index (χ4n) is 2.77. The number of hydrogen-bond donors (Lipinski definition) is 1. The molecule has 0 aliphatic heterocycles. The van der Waals surface area contributed by atoms with Crippen LogP contribution in [0.2, 0.25) is 0 Å². The number of benzene rings is 1. The molecule has 0 spiro atoms. The summed E-state index contributed by atoms with van der Waals surface area (Å²) < 4.78 is 0. The summed E-state index contributed by atoms with van der Waals surface area (Å²) in [7, 11) is 0. The molecule has 1 fully saturated rings. The second-order valence-corrected chi connectivity index (χ2v) is 4.86. The second-order valence-electron chi connectivity index (χ2n) is 4.86. The molecule has 1 saturated carbocycles. The Morgan fingerprint density at radius 3 is 2.53 bits per heavy atom. The van der Waals surface area contributed by atoms with Gasteiger partial charge in [0.05, 0.1) is 0 Å². The lowest BCUT2D eigenvalue weighted by molar-refractivity contribution is 0.217. The first kappa shape index (κ1) is 12.4. The molecule has 1 aromatic carbocycles.